The van der Waals surface area contributed by atoms with Gasteiger partial charge in [0.1, 0.15) is 5.60 Å². The van der Waals surface area contributed by atoms with Gasteiger partial charge in [-0.05, 0) is 58.2 Å². The normalized spacial score (nSPS) is 16.4. The number of nitrogens with one attached hydrogen (secondary N) is 3. The van der Waals surface area contributed by atoms with Gasteiger partial charge in [-0.15, -0.1) is 24.0 Å². The lowest BCUT2D eigenvalue weighted by molar-refractivity contribution is 0.0507. The first-order valence-electron chi connectivity index (χ1n) is 10.6. The van der Waals surface area contributed by atoms with Crippen molar-refractivity contribution in [3.8, 4) is 0 Å². The van der Waals surface area contributed by atoms with Gasteiger partial charge >= 0.3 is 6.09 Å². The maximum absolute atomic E-state index is 12.0. The number of hydrogen-bond acceptors (Lipinski definition) is 4. The fourth-order valence-corrected chi connectivity index (χ4v) is 3.27. The number of aliphatic imine (C=N–C) groups is 1. The molecule has 1 aliphatic heterocycles. The summed E-state index contributed by atoms with van der Waals surface area (Å²) in [5.41, 5.74) is 1.22. The molecule has 0 aliphatic carbocycles. The molecule has 1 aromatic carbocycles. The number of amides is 2. The number of rotatable bonds is 6. The lowest BCUT2D eigenvalue weighted by Gasteiger charge is -2.23. The summed E-state index contributed by atoms with van der Waals surface area (Å²) in [6.45, 7) is 10.5. The maximum atomic E-state index is 12.0. The summed E-state index contributed by atoms with van der Waals surface area (Å²) in [4.78, 5) is 30.7. The molecule has 0 radical (unpaired) electrons. The van der Waals surface area contributed by atoms with Crippen LogP contribution in [0.3, 0.4) is 0 Å². The number of halogens is 1. The van der Waals surface area contributed by atoms with E-state index in [0.29, 0.717) is 18.7 Å². The Balaban J connectivity index is 0.00000480. The molecule has 1 unspecified atom stereocenters. The molecule has 0 saturated carbocycles. The second kappa shape index (κ2) is 12.7. The fourth-order valence-electron chi connectivity index (χ4n) is 3.27. The highest BCUT2D eigenvalue weighted by Gasteiger charge is 2.27. The molecule has 1 fully saturated rings. The van der Waals surface area contributed by atoms with E-state index in [9.17, 15) is 9.59 Å². The molecule has 0 aromatic heterocycles. The number of ether oxygens (including phenoxy) is 1. The third-order valence-electron chi connectivity index (χ3n) is 4.62. The summed E-state index contributed by atoms with van der Waals surface area (Å²) in [7, 11) is 1.63. The van der Waals surface area contributed by atoms with Crippen LogP contribution in [0.5, 0.6) is 0 Å². The lowest BCUT2D eigenvalue weighted by Crippen LogP contribution is -2.44. The van der Waals surface area contributed by atoms with Crippen LogP contribution in [-0.4, -0.2) is 67.7 Å². The number of likely N-dealkylation sites (tertiary alicyclic amines) is 1. The molecule has 31 heavy (non-hydrogen) atoms. The molecule has 1 atom stereocenters. The minimum Gasteiger partial charge on any atom is -0.444 e. The van der Waals surface area contributed by atoms with E-state index in [4.69, 9.17) is 9.73 Å². The standard InChI is InChI=1S/C22H35N5O3.HI/c1-6-24-20(25-12-10-16-8-7-9-17(14-16)19(28)23-5)27-13-11-18(15-27)26-21(29)30-22(2,3)4;/h7-9,14,18H,6,10-13,15H2,1-5H3,(H,23,28)(H,24,25)(H,26,29);1H. The summed E-state index contributed by atoms with van der Waals surface area (Å²) in [5, 5.41) is 8.92. The van der Waals surface area contributed by atoms with Crippen molar-refractivity contribution in [1.29, 1.82) is 0 Å². The Bertz CT molecular complexity index is 764. The third kappa shape index (κ3) is 9.32. The first-order chi connectivity index (χ1) is 14.2. The smallest absolute Gasteiger partial charge is 0.407 e. The van der Waals surface area contributed by atoms with Crippen molar-refractivity contribution in [2.75, 3.05) is 33.2 Å². The van der Waals surface area contributed by atoms with Crippen LogP contribution in [0.15, 0.2) is 29.3 Å². The van der Waals surface area contributed by atoms with Crippen molar-refractivity contribution >= 4 is 41.9 Å². The second-order valence-electron chi connectivity index (χ2n) is 8.34. The SMILES string of the molecule is CCNC(=NCCc1cccc(C(=O)NC)c1)N1CCC(NC(=O)OC(C)(C)C)C1.I. The summed E-state index contributed by atoms with van der Waals surface area (Å²) < 4.78 is 5.35. The van der Waals surface area contributed by atoms with Crippen molar-refractivity contribution < 1.29 is 14.3 Å². The van der Waals surface area contributed by atoms with Crippen molar-refractivity contribution in [3.05, 3.63) is 35.4 Å². The number of carbonyl (C=O) groups is 2. The first kappa shape index (κ1) is 27.0. The summed E-state index contributed by atoms with van der Waals surface area (Å²) in [5.74, 6) is 0.753. The molecule has 8 nitrogen and oxygen atoms in total. The van der Waals surface area contributed by atoms with Crippen LogP contribution in [0.2, 0.25) is 0 Å². The lowest BCUT2D eigenvalue weighted by atomic mass is 10.1. The van der Waals surface area contributed by atoms with Crippen LogP contribution in [-0.2, 0) is 11.2 Å². The van der Waals surface area contributed by atoms with Gasteiger partial charge < -0.3 is 25.6 Å². The van der Waals surface area contributed by atoms with E-state index in [1.165, 1.54) is 0 Å². The van der Waals surface area contributed by atoms with Crippen LogP contribution >= 0.6 is 24.0 Å². The Morgan fingerprint density at radius 2 is 2.03 bits per heavy atom. The van der Waals surface area contributed by atoms with Gasteiger partial charge in [0.2, 0.25) is 0 Å². The number of guanidine groups is 1. The van der Waals surface area contributed by atoms with Gasteiger partial charge in [-0.1, -0.05) is 12.1 Å². The van der Waals surface area contributed by atoms with E-state index in [1.807, 2.05) is 45.9 Å². The number of nitrogens with zero attached hydrogens (tertiary/aromatic N) is 2. The van der Waals surface area contributed by atoms with Gasteiger partial charge in [-0.25, -0.2) is 4.79 Å². The molecule has 2 amide bonds. The average Bonchev–Trinajstić information content (AvgIpc) is 3.13. The van der Waals surface area contributed by atoms with Crippen molar-refractivity contribution in [1.82, 2.24) is 20.9 Å². The van der Waals surface area contributed by atoms with E-state index in [1.54, 1.807) is 13.1 Å². The van der Waals surface area contributed by atoms with Crippen LogP contribution < -0.4 is 16.0 Å². The van der Waals surface area contributed by atoms with E-state index in [2.05, 4.69) is 20.9 Å². The van der Waals surface area contributed by atoms with Gasteiger partial charge in [0, 0.05) is 38.8 Å². The Morgan fingerprint density at radius 3 is 2.68 bits per heavy atom. The average molecular weight is 545 g/mol. The molecule has 9 heteroatoms. The monoisotopic (exact) mass is 545 g/mol. The summed E-state index contributed by atoms with van der Waals surface area (Å²) in [6, 6.07) is 7.64. The third-order valence-corrected chi connectivity index (χ3v) is 4.62. The molecule has 3 N–H and O–H groups in total. The Labute approximate surface area is 202 Å². The highest BCUT2D eigenvalue weighted by Crippen LogP contribution is 2.12. The molecular weight excluding hydrogens is 509 g/mol. The van der Waals surface area contributed by atoms with Gasteiger partial charge in [-0.3, -0.25) is 9.79 Å². The predicted octanol–water partition coefficient (Wildman–Crippen LogP) is 2.77. The Hall–Kier alpha value is -2.04. The fraction of sp³-hybridized carbons (Fsp3) is 0.591. The van der Waals surface area contributed by atoms with Crippen molar-refractivity contribution in [2.24, 2.45) is 4.99 Å². The first-order valence-corrected chi connectivity index (χ1v) is 10.6. The van der Waals surface area contributed by atoms with Gasteiger partial charge in [-0.2, -0.15) is 0 Å². The predicted molar refractivity (Wildman–Crippen MR) is 134 cm³/mol. The quantitative estimate of drug-likeness (QED) is 0.291. The highest BCUT2D eigenvalue weighted by atomic mass is 127. The number of hydrogen-bond donors (Lipinski definition) is 3. The summed E-state index contributed by atoms with van der Waals surface area (Å²) >= 11 is 0. The van der Waals surface area contributed by atoms with Crippen molar-refractivity contribution in [3.63, 3.8) is 0 Å². The number of benzene rings is 1. The van der Waals surface area contributed by atoms with Crippen LogP contribution in [0.1, 0.15) is 50.0 Å². The topological polar surface area (TPSA) is 95.1 Å². The van der Waals surface area contributed by atoms with Crippen molar-refractivity contribution in [2.45, 2.75) is 52.2 Å². The van der Waals surface area contributed by atoms with Gasteiger partial charge in [0.25, 0.3) is 5.91 Å². The van der Waals surface area contributed by atoms with E-state index in [-0.39, 0.29) is 42.0 Å². The zero-order valence-corrected chi connectivity index (χ0v) is 21.5. The van der Waals surface area contributed by atoms with Crippen LogP contribution in [0, 0.1) is 0 Å². The maximum Gasteiger partial charge on any atom is 0.407 e. The number of alkyl carbamates (subject to hydrolysis) is 1. The molecule has 0 spiro atoms. The Morgan fingerprint density at radius 1 is 1.29 bits per heavy atom. The van der Waals surface area contributed by atoms with E-state index < -0.39 is 5.60 Å². The van der Waals surface area contributed by atoms with Crippen LogP contribution in [0.25, 0.3) is 0 Å². The van der Waals surface area contributed by atoms with Gasteiger partial charge in [0.05, 0.1) is 6.04 Å². The van der Waals surface area contributed by atoms with Gasteiger partial charge in [0.15, 0.2) is 5.96 Å². The van der Waals surface area contributed by atoms with E-state index in [0.717, 1.165) is 37.5 Å². The molecule has 1 heterocycles. The number of carbonyl (C=O) groups excluding carboxylic acids is 2. The molecule has 174 valence electrons. The molecule has 0 bridgehead atoms. The minimum absolute atomic E-state index is 0. The van der Waals surface area contributed by atoms with E-state index >= 15 is 0 Å². The molecular formula is C22H36IN5O3. The second-order valence-corrected chi connectivity index (χ2v) is 8.34. The molecule has 1 saturated heterocycles. The zero-order chi connectivity index (χ0) is 22.1. The molecule has 2 rings (SSSR count). The Kier molecular flexibility index (Phi) is 11.1. The molecule has 1 aromatic rings. The molecule has 1 aliphatic rings. The van der Waals surface area contributed by atoms with Crippen LogP contribution in [0.4, 0.5) is 4.79 Å². The largest absolute Gasteiger partial charge is 0.444 e. The zero-order valence-electron chi connectivity index (χ0n) is 19.2. The summed E-state index contributed by atoms with van der Waals surface area (Å²) in [6.07, 6.45) is 1.21. The minimum atomic E-state index is -0.506. The highest BCUT2D eigenvalue weighted by molar-refractivity contribution is 14.0.